The highest BCUT2D eigenvalue weighted by molar-refractivity contribution is 5.96. The first-order valence-electron chi connectivity index (χ1n) is 8.17. The summed E-state index contributed by atoms with van der Waals surface area (Å²) in [6, 6.07) is 11.4. The average molecular weight is 336 g/mol. The van der Waals surface area contributed by atoms with Gasteiger partial charge in [-0.2, -0.15) is 0 Å². The maximum Gasteiger partial charge on any atom is 0.347 e. The van der Waals surface area contributed by atoms with Crippen molar-refractivity contribution < 1.29 is 13.9 Å². The lowest BCUT2D eigenvalue weighted by atomic mass is 10.2. The predicted octanol–water partition coefficient (Wildman–Crippen LogP) is 3.01. The Morgan fingerprint density at radius 2 is 1.92 bits per heavy atom. The van der Waals surface area contributed by atoms with Gasteiger partial charge in [0, 0.05) is 36.8 Å². The molecule has 2 aromatic heterocycles. The van der Waals surface area contributed by atoms with Crippen LogP contribution >= 0.6 is 0 Å². The number of esters is 1. The van der Waals surface area contributed by atoms with Crippen molar-refractivity contribution in [2.75, 3.05) is 18.0 Å². The predicted molar refractivity (Wildman–Crippen MR) is 93.1 cm³/mol. The molecule has 1 saturated heterocycles. The molecule has 0 amide bonds. The molecule has 1 aromatic carbocycles. The highest BCUT2D eigenvalue weighted by atomic mass is 16.5. The molecule has 1 aliphatic rings. The normalized spacial score (nSPS) is 14.0. The molecular formula is C19H16N2O4. The molecule has 3 heterocycles. The number of ether oxygens (including phenoxy) is 1. The van der Waals surface area contributed by atoms with Gasteiger partial charge in [-0.3, -0.25) is 0 Å². The largest absolute Gasteiger partial charge is 0.423 e. The molecule has 0 aliphatic carbocycles. The van der Waals surface area contributed by atoms with E-state index in [1.54, 1.807) is 42.6 Å². The van der Waals surface area contributed by atoms with E-state index in [2.05, 4.69) is 9.88 Å². The fourth-order valence-electron chi connectivity index (χ4n) is 3.00. The van der Waals surface area contributed by atoms with Crippen LogP contribution in [0, 0.1) is 0 Å². The second-order valence-corrected chi connectivity index (χ2v) is 5.91. The molecule has 126 valence electrons. The minimum Gasteiger partial charge on any atom is -0.423 e. The van der Waals surface area contributed by atoms with Crippen LogP contribution in [-0.2, 0) is 0 Å². The van der Waals surface area contributed by atoms with E-state index >= 15 is 0 Å². The van der Waals surface area contributed by atoms with E-state index in [1.807, 2.05) is 0 Å². The molecule has 0 saturated carbocycles. The van der Waals surface area contributed by atoms with Crippen molar-refractivity contribution in [1.29, 1.82) is 0 Å². The van der Waals surface area contributed by atoms with E-state index < -0.39 is 11.6 Å². The molecule has 4 rings (SSSR count). The molecule has 0 radical (unpaired) electrons. The number of benzene rings is 1. The number of anilines is 1. The van der Waals surface area contributed by atoms with Crippen molar-refractivity contribution in [3.63, 3.8) is 0 Å². The van der Waals surface area contributed by atoms with Crippen LogP contribution in [0.15, 0.2) is 57.9 Å². The third-order valence-electron chi connectivity index (χ3n) is 4.22. The molecule has 0 bridgehead atoms. The number of aromatic nitrogens is 1. The van der Waals surface area contributed by atoms with Crippen molar-refractivity contribution in [2.45, 2.75) is 12.8 Å². The van der Waals surface area contributed by atoms with Gasteiger partial charge in [0.2, 0.25) is 0 Å². The van der Waals surface area contributed by atoms with Crippen molar-refractivity contribution in [2.24, 2.45) is 0 Å². The van der Waals surface area contributed by atoms with E-state index in [9.17, 15) is 9.59 Å². The Morgan fingerprint density at radius 3 is 2.76 bits per heavy atom. The minimum absolute atomic E-state index is 0.322. The van der Waals surface area contributed by atoms with Gasteiger partial charge >= 0.3 is 11.6 Å². The van der Waals surface area contributed by atoms with Crippen LogP contribution < -0.4 is 15.3 Å². The molecule has 0 N–H and O–H groups in total. The third-order valence-corrected chi connectivity index (χ3v) is 4.22. The number of nitrogens with zero attached hydrogens (tertiary/aromatic N) is 2. The van der Waals surface area contributed by atoms with Crippen LogP contribution in [0.25, 0.3) is 11.0 Å². The first-order valence-corrected chi connectivity index (χ1v) is 8.17. The highest BCUT2D eigenvalue weighted by Gasteiger charge is 2.22. The lowest BCUT2D eigenvalue weighted by Gasteiger charge is -2.18. The van der Waals surface area contributed by atoms with Crippen LogP contribution in [0.5, 0.6) is 5.75 Å². The second-order valence-electron chi connectivity index (χ2n) is 5.91. The topological polar surface area (TPSA) is 72.6 Å². The number of hydrogen-bond acceptors (Lipinski definition) is 6. The maximum atomic E-state index is 12.6. The van der Waals surface area contributed by atoms with Gasteiger partial charge in [-0.05, 0) is 43.2 Å². The highest BCUT2D eigenvalue weighted by Crippen LogP contribution is 2.25. The van der Waals surface area contributed by atoms with Crippen LogP contribution in [0.2, 0.25) is 0 Å². The minimum atomic E-state index is -0.479. The summed E-state index contributed by atoms with van der Waals surface area (Å²) in [5.41, 5.74) is 0.363. The van der Waals surface area contributed by atoms with E-state index in [0.29, 0.717) is 22.7 Å². The van der Waals surface area contributed by atoms with Gasteiger partial charge in [-0.25, -0.2) is 14.6 Å². The fourth-order valence-corrected chi connectivity index (χ4v) is 3.00. The average Bonchev–Trinajstić information content (AvgIpc) is 3.16. The van der Waals surface area contributed by atoms with E-state index in [-0.39, 0.29) is 0 Å². The van der Waals surface area contributed by atoms with Crippen molar-refractivity contribution in [3.05, 3.63) is 64.6 Å². The maximum absolute atomic E-state index is 12.6. The molecule has 25 heavy (non-hydrogen) atoms. The van der Waals surface area contributed by atoms with Gasteiger partial charge in [-0.1, -0.05) is 0 Å². The number of carbonyl (C=O) groups excluding carboxylic acids is 1. The summed E-state index contributed by atoms with van der Waals surface area (Å²) in [5.74, 6) is 0.494. The molecule has 6 nitrogen and oxygen atoms in total. The van der Waals surface area contributed by atoms with Gasteiger partial charge in [0.15, 0.2) is 0 Å². The number of fused-ring (bicyclic) bond motifs is 1. The summed E-state index contributed by atoms with van der Waals surface area (Å²) < 4.78 is 10.6. The smallest absolute Gasteiger partial charge is 0.347 e. The quantitative estimate of drug-likeness (QED) is 0.416. The summed E-state index contributed by atoms with van der Waals surface area (Å²) in [4.78, 5) is 30.4. The number of rotatable bonds is 3. The molecule has 0 unspecified atom stereocenters. The number of hydrogen-bond donors (Lipinski definition) is 0. The molecule has 0 spiro atoms. The van der Waals surface area contributed by atoms with E-state index in [0.717, 1.165) is 31.3 Å². The molecule has 6 heteroatoms. The summed E-state index contributed by atoms with van der Waals surface area (Å²) in [5, 5.41) is 0.763. The molecular weight excluding hydrogens is 320 g/mol. The zero-order valence-corrected chi connectivity index (χ0v) is 13.5. The number of carbonyl (C=O) groups is 1. The Balaban J connectivity index is 1.63. The van der Waals surface area contributed by atoms with Crippen molar-refractivity contribution in [3.8, 4) is 5.75 Å². The second kappa shape index (κ2) is 6.39. The Morgan fingerprint density at radius 1 is 1.12 bits per heavy atom. The summed E-state index contributed by atoms with van der Waals surface area (Å²) in [6.07, 6.45) is 3.86. The number of pyridine rings is 1. The standard InChI is InChI=1S/C19H16N2O4/c22-17-8-6-13-5-7-14(12-16(13)25-17)24-19(23)15-4-3-9-20-18(15)21-10-1-2-11-21/h3-9,12H,1-2,10-11H2. The molecule has 1 fully saturated rings. The Hall–Kier alpha value is -3.15. The zero-order chi connectivity index (χ0) is 17.2. The van der Waals surface area contributed by atoms with E-state index in [4.69, 9.17) is 9.15 Å². The third kappa shape index (κ3) is 3.10. The summed E-state index contributed by atoms with van der Waals surface area (Å²) in [7, 11) is 0. The van der Waals surface area contributed by atoms with Crippen molar-refractivity contribution in [1.82, 2.24) is 4.98 Å². The summed E-state index contributed by atoms with van der Waals surface area (Å²) in [6.45, 7) is 1.77. The lowest BCUT2D eigenvalue weighted by molar-refractivity contribution is 0.0735. The SMILES string of the molecule is O=C(Oc1ccc2ccc(=O)oc2c1)c1cccnc1N1CCCC1. The molecule has 3 aromatic rings. The Labute approximate surface area is 143 Å². The van der Waals surface area contributed by atoms with Gasteiger partial charge in [0.05, 0.1) is 0 Å². The van der Waals surface area contributed by atoms with Crippen LogP contribution in [0.4, 0.5) is 5.82 Å². The first-order chi connectivity index (χ1) is 12.2. The Kier molecular flexibility index (Phi) is 3.93. The molecule has 1 aliphatic heterocycles. The van der Waals surface area contributed by atoms with Gasteiger partial charge < -0.3 is 14.1 Å². The summed E-state index contributed by atoms with van der Waals surface area (Å²) >= 11 is 0. The van der Waals surface area contributed by atoms with Gasteiger partial charge in [0.1, 0.15) is 22.7 Å². The fraction of sp³-hybridized carbons (Fsp3) is 0.211. The monoisotopic (exact) mass is 336 g/mol. The van der Waals surface area contributed by atoms with Crippen LogP contribution in [-0.4, -0.2) is 24.0 Å². The first kappa shape index (κ1) is 15.4. The zero-order valence-electron chi connectivity index (χ0n) is 13.5. The van der Waals surface area contributed by atoms with Gasteiger partial charge in [0.25, 0.3) is 0 Å². The molecule has 0 atom stereocenters. The van der Waals surface area contributed by atoms with Gasteiger partial charge in [-0.15, -0.1) is 0 Å². The van der Waals surface area contributed by atoms with Crippen molar-refractivity contribution >= 4 is 22.8 Å². The van der Waals surface area contributed by atoms with E-state index in [1.165, 1.54) is 6.07 Å². The van der Waals surface area contributed by atoms with Crippen LogP contribution in [0.1, 0.15) is 23.2 Å². The lowest BCUT2D eigenvalue weighted by Crippen LogP contribution is -2.23. The van der Waals surface area contributed by atoms with Crippen LogP contribution in [0.3, 0.4) is 0 Å². The Bertz CT molecular complexity index is 990.